The van der Waals surface area contributed by atoms with Crippen LogP contribution in [0.5, 0.6) is 11.5 Å². The molecule has 0 aliphatic carbocycles. The van der Waals surface area contributed by atoms with E-state index < -0.39 is 6.09 Å². The first-order chi connectivity index (χ1) is 10.2. The Balaban J connectivity index is 1.60. The van der Waals surface area contributed by atoms with Crippen LogP contribution in [0, 0.1) is 0 Å². The molecule has 5 heteroatoms. The van der Waals surface area contributed by atoms with Crippen molar-refractivity contribution in [2.24, 2.45) is 0 Å². The molecule has 2 aromatic rings. The summed E-state index contributed by atoms with van der Waals surface area (Å²) < 4.78 is 10.6. The zero-order valence-electron chi connectivity index (χ0n) is 11.4. The zero-order valence-corrected chi connectivity index (χ0v) is 12.2. The Bertz CT molecular complexity index is 557. The Kier molecular flexibility index (Phi) is 5.91. The van der Waals surface area contributed by atoms with E-state index in [4.69, 9.17) is 21.1 Å². The number of benzene rings is 2. The monoisotopic (exact) mass is 305 g/mol. The average Bonchev–Trinajstić information content (AvgIpc) is 2.50. The summed E-state index contributed by atoms with van der Waals surface area (Å²) in [5, 5.41) is 3.26. The maximum absolute atomic E-state index is 11.5. The molecule has 0 heterocycles. The molecule has 0 atom stereocenters. The number of rotatable bonds is 6. The van der Waals surface area contributed by atoms with Crippen LogP contribution in [0.3, 0.4) is 0 Å². The molecular weight excluding hydrogens is 290 g/mol. The van der Waals surface area contributed by atoms with Gasteiger partial charge in [0.15, 0.2) is 0 Å². The molecule has 4 nitrogen and oxygen atoms in total. The van der Waals surface area contributed by atoms with Crippen molar-refractivity contribution in [3.8, 4) is 11.5 Å². The number of hydrogen-bond donors (Lipinski definition) is 1. The maximum Gasteiger partial charge on any atom is 0.412 e. The van der Waals surface area contributed by atoms with E-state index in [0.717, 1.165) is 5.75 Å². The van der Waals surface area contributed by atoms with Gasteiger partial charge in [0.05, 0.1) is 6.61 Å². The fraction of sp³-hybridized carbons (Fsp3) is 0.188. The van der Waals surface area contributed by atoms with Crippen molar-refractivity contribution < 1.29 is 14.3 Å². The summed E-state index contributed by atoms with van der Waals surface area (Å²) >= 11 is 5.75. The molecule has 0 saturated carbocycles. The van der Waals surface area contributed by atoms with Gasteiger partial charge in [0, 0.05) is 11.6 Å². The van der Waals surface area contributed by atoms with Crippen LogP contribution in [0.2, 0.25) is 5.02 Å². The highest BCUT2D eigenvalue weighted by atomic mass is 35.5. The third kappa shape index (κ3) is 5.75. The topological polar surface area (TPSA) is 47.6 Å². The van der Waals surface area contributed by atoms with E-state index in [0.29, 0.717) is 30.3 Å². The molecule has 21 heavy (non-hydrogen) atoms. The molecule has 0 fully saturated rings. The highest BCUT2D eigenvalue weighted by Crippen LogP contribution is 2.15. The van der Waals surface area contributed by atoms with E-state index >= 15 is 0 Å². The van der Waals surface area contributed by atoms with Gasteiger partial charge < -0.3 is 14.8 Å². The minimum absolute atomic E-state index is 0.456. The smallest absolute Gasteiger partial charge is 0.412 e. The van der Waals surface area contributed by atoms with Crippen molar-refractivity contribution in [1.82, 2.24) is 5.32 Å². The van der Waals surface area contributed by atoms with Crippen molar-refractivity contribution in [2.45, 2.75) is 6.42 Å². The zero-order chi connectivity index (χ0) is 14.9. The Hall–Kier alpha value is -2.20. The van der Waals surface area contributed by atoms with Crippen LogP contribution in [0.25, 0.3) is 0 Å². The molecule has 2 aromatic carbocycles. The van der Waals surface area contributed by atoms with Gasteiger partial charge in [-0.05, 0) is 42.8 Å². The molecule has 0 unspecified atom stereocenters. The minimum Gasteiger partial charge on any atom is -0.494 e. The van der Waals surface area contributed by atoms with Gasteiger partial charge in [0.2, 0.25) is 0 Å². The summed E-state index contributed by atoms with van der Waals surface area (Å²) in [4.78, 5) is 11.5. The molecule has 1 amide bonds. The van der Waals surface area contributed by atoms with Crippen molar-refractivity contribution >= 4 is 17.7 Å². The fourth-order valence-electron chi connectivity index (χ4n) is 1.62. The number of nitrogens with one attached hydrogen (secondary N) is 1. The van der Waals surface area contributed by atoms with Crippen LogP contribution in [-0.2, 0) is 0 Å². The molecule has 2 rings (SSSR count). The number of carbonyl (C=O) groups is 1. The van der Waals surface area contributed by atoms with E-state index in [1.165, 1.54) is 0 Å². The van der Waals surface area contributed by atoms with E-state index in [-0.39, 0.29) is 0 Å². The van der Waals surface area contributed by atoms with E-state index in [2.05, 4.69) is 5.32 Å². The van der Waals surface area contributed by atoms with Crippen molar-refractivity contribution in [2.75, 3.05) is 13.2 Å². The number of para-hydroxylation sites is 1. The minimum atomic E-state index is -0.489. The normalized spacial score (nSPS) is 9.95. The van der Waals surface area contributed by atoms with Crippen molar-refractivity contribution in [3.05, 3.63) is 59.6 Å². The number of amides is 1. The summed E-state index contributed by atoms with van der Waals surface area (Å²) in [5.74, 6) is 1.28. The van der Waals surface area contributed by atoms with E-state index in [1.54, 1.807) is 24.3 Å². The van der Waals surface area contributed by atoms with Gasteiger partial charge >= 0.3 is 6.09 Å². The second kappa shape index (κ2) is 8.17. The number of carbonyl (C=O) groups excluding carboxylic acids is 1. The van der Waals surface area contributed by atoms with Crippen LogP contribution in [0.15, 0.2) is 54.6 Å². The lowest BCUT2D eigenvalue weighted by molar-refractivity contribution is 0.199. The van der Waals surface area contributed by atoms with Gasteiger partial charge in [-0.3, -0.25) is 0 Å². The van der Waals surface area contributed by atoms with Gasteiger partial charge in [0.25, 0.3) is 0 Å². The van der Waals surface area contributed by atoms with Crippen LogP contribution in [0.1, 0.15) is 6.42 Å². The van der Waals surface area contributed by atoms with E-state index in [1.807, 2.05) is 30.3 Å². The molecule has 0 radical (unpaired) electrons. The lowest BCUT2D eigenvalue weighted by Gasteiger charge is -2.08. The third-order valence-corrected chi connectivity index (χ3v) is 2.88. The average molecular weight is 306 g/mol. The molecule has 0 spiro atoms. The van der Waals surface area contributed by atoms with Gasteiger partial charge in [0.1, 0.15) is 11.5 Å². The first kappa shape index (κ1) is 15.2. The molecular formula is C16H16ClNO3. The largest absolute Gasteiger partial charge is 0.494 e. The molecule has 0 aromatic heterocycles. The summed E-state index contributed by atoms with van der Waals surface area (Å²) in [5.41, 5.74) is 0. The summed E-state index contributed by atoms with van der Waals surface area (Å²) in [6, 6.07) is 16.1. The van der Waals surface area contributed by atoms with Crippen LogP contribution in [0.4, 0.5) is 4.79 Å². The third-order valence-electron chi connectivity index (χ3n) is 2.63. The second-order valence-electron chi connectivity index (χ2n) is 4.29. The molecule has 1 N–H and O–H groups in total. The van der Waals surface area contributed by atoms with Gasteiger partial charge in [-0.15, -0.1) is 0 Å². The quantitative estimate of drug-likeness (QED) is 0.823. The van der Waals surface area contributed by atoms with Gasteiger partial charge in [-0.1, -0.05) is 29.8 Å². The summed E-state index contributed by atoms with van der Waals surface area (Å²) in [6.45, 7) is 1.02. The standard InChI is InChI=1S/C16H16ClNO3/c17-13-7-9-15(10-8-13)21-16(19)18-11-4-12-20-14-5-2-1-3-6-14/h1-3,5-10H,4,11-12H2,(H,18,19). The maximum atomic E-state index is 11.5. The van der Waals surface area contributed by atoms with Crippen LogP contribution >= 0.6 is 11.6 Å². The number of ether oxygens (including phenoxy) is 2. The Morgan fingerprint density at radius 3 is 2.43 bits per heavy atom. The molecule has 0 bridgehead atoms. The molecule has 110 valence electrons. The van der Waals surface area contributed by atoms with Crippen LogP contribution in [-0.4, -0.2) is 19.2 Å². The summed E-state index contributed by atoms with van der Waals surface area (Å²) in [6.07, 6.45) is 0.210. The Morgan fingerprint density at radius 2 is 1.71 bits per heavy atom. The fourth-order valence-corrected chi connectivity index (χ4v) is 1.74. The SMILES string of the molecule is O=C(NCCCOc1ccccc1)Oc1ccc(Cl)cc1. The molecule has 0 aliphatic heterocycles. The van der Waals surface area contributed by atoms with Gasteiger partial charge in [-0.25, -0.2) is 4.79 Å². The van der Waals surface area contributed by atoms with Crippen molar-refractivity contribution in [3.63, 3.8) is 0 Å². The predicted molar refractivity (Wildman–Crippen MR) is 82.0 cm³/mol. The lowest BCUT2D eigenvalue weighted by Crippen LogP contribution is -2.28. The first-order valence-corrected chi connectivity index (χ1v) is 7.01. The Morgan fingerprint density at radius 1 is 1.00 bits per heavy atom. The van der Waals surface area contributed by atoms with Crippen molar-refractivity contribution in [1.29, 1.82) is 0 Å². The molecule has 0 aliphatic rings. The van der Waals surface area contributed by atoms with E-state index in [9.17, 15) is 4.79 Å². The number of hydrogen-bond acceptors (Lipinski definition) is 3. The Labute approximate surface area is 128 Å². The summed E-state index contributed by atoms with van der Waals surface area (Å²) in [7, 11) is 0. The molecule has 0 saturated heterocycles. The predicted octanol–water partition coefficient (Wildman–Crippen LogP) is 3.90. The number of halogens is 1. The first-order valence-electron chi connectivity index (χ1n) is 6.63. The van der Waals surface area contributed by atoms with Gasteiger partial charge in [-0.2, -0.15) is 0 Å². The van der Waals surface area contributed by atoms with Crippen LogP contribution < -0.4 is 14.8 Å². The second-order valence-corrected chi connectivity index (χ2v) is 4.72. The highest BCUT2D eigenvalue weighted by Gasteiger charge is 2.03. The highest BCUT2D eigenvalue weighted by molar-refractivity contribution is 6.30. The lowest BCUT2D eigenvalue weighted by atomic mass is 10.3.